The van der Waals surface area contributed by atoms with E-state index in [-0.39, 0.29) is 5.91 Å². The second-order valence-electron chi connectivity index (χ2n) is 4.04. The van der Waals surface area contributed by atoms with Crippen LogP contribution in [0.1, 0.15) is 47.0 Å². The van der Waals surface area contributed by atoms with Crippen LogP contribution in [0.3, 0.4) is 0 Å². The van der Waals surface area contributed by atoms with Gasteiger partial charge in [-0.25, -0.2) is 0 Å². The summed E-state index contributed by atoms with van der Waals surface area (Å²) in [4.78, 5) is 13.9. The van der Waals surface area contributed by atoms with Crippen LogP contribution in [-0.4, -0.2) is 36.5 Å². The van der Waals surface area contributed by atoms with Gasteiger partial charge < -0.3 is 10.2 Å². The van der Waals surface area contributed by atoms with Crippen LogP contribution in [0.25, 0.3) is 0 Å². The van der Waals surface area contributed by atoms with Gasteiger partial charge in [-0.2, -0.15) is 0 Å². The highest BCUT2D eigenvalue weighted by atomic mass is 16.2. The molecule has 0 aromatic rings. The first-order valence-electron chi connectivity index (χ1n) is 6.16. The lowest BCUT2D eigenvalue weighted by atomic mass is 10.2. The largest absolute Gasteiger partial charge is 0.343 e. The van der Waals surface area contributed by atoms with Crippen molar-refractivity contribution in [2.45, 2.75) is 53.0 Å². The van der Waals surface area contributed by atoms with Crippen LogP contribution in [-0.2, 0) is 4.79 Å². The Morgan fingerprint density at radius 1 is 1.20 bits per heavy atom. The topological polar surface area (TPSA) is 32.3 Å². The molecule has 0 saturated carbocycles. The number of nitrogens with zero attached hydrogens (tertiary/aromatic N) is 1. The molecule has 0 radical (unpaired) electrons. The molecule has 0 aromatic heterocycles. The van der Waals surface area contributed by atoms with Gasteiger partial charge >= 0.3 is 0 Å². The quantitative estimate of drug-likeness (QED) is 0.670. The normalized spacial score (nSPS) is 12.5. The summed E-state index contributed by atoms with van der Waals surface area (Å²) in [6, 6.07) is 0.290. The third-order valence-electron chi connectivity index (χ3n) is 2.37. The summed E-state index contributed by atoms with van der Waals surface area (Å²) in [6.07, 6.45) is 2.70. The Morgan fingerprint density at radius 3 is 2.13 bits per heavy atom. The molecule has 0 aliphatic heterocycles. The maximum Gasteiger partial charge on any atom is 0.224 e. The molecule has 1 atom stereocenters. The van der Waals surface area contributed by atoms with E-state index in [9.17, 15) is 4.79 Å². The van der Waals surface area contributed by atoms with Crippen LogP contribution in [0.4, 0.5) is 0 Å². The number of rotatable bonds is 8. The van der Waals surface area contributed by atoms with Gasteiger partial charge in [0.25, 0.3) is 0 Å². The van der Waals surface area contributed by atoms with Gasteiger partial charge in [-0.1, -0.05) is 20.8 Å². The average molecular weight is 214 g/mol. The van der Waals surface area contributed by atoms with E-state index < -0.39 is 0 Å². The van der Waals surface area contributed by atoms with E-state index in [4.69, 9.17) is 0 Å². The summed E-state index contributed by atoms with van der Waals surface area (Å²) in [7, 11) is 0. The minimum absolute atomic E-state index is 0.284. The predicted molar refractivity (Wildman–Crippen MR) is 64.9 cm³/mol. The molecule has 3 nitrogen and oxygen atoms in total. The number of carbonyl (C=O) groups is 1. The van der Waals surface area contributed by atoms with Gasteiger partial charge in [0, 0.05) is 25.6 Å². The Kier molecular flexibility index (Phi) is 8.38. The van der Waals surface area contributed by atoms with Gasteiger partial charge in [-0.05, 0) is 26.3 Å². The van der Waals surface area contributed by atoms with Gasteiger partial charge in [-0.15, -0.1) is 0 Å². The molecule has 1 amide bonds. The number of carbonyl (C=O) groups excluding carboxylic acids is 1. The molecular formula is C12H26N2O. The lowest BCUT2D eigenvalue weighted by Gasteiger charge is -2.23. The molecule has 0 aliphatic carbocycles. The fraction of sp³-hybridized carbons (Fsp3) is 0.917. The zero-order valence-corrected chi connectivity index (χ0v) is 10.7. The first-order chi connectivity index (χ1) is 7.15. The third-order valence-corrected chi connectivity index (χ3v) is 2.37. The summed E-state index contributed by atoms with van der Waals surface area (Å²) >= 11 is 0. The number of hydrogen-bond acceptors (Lipinski definition) is 2. The van der Waals surface area contributed by atoms with E-state index in [0.717, 1.165) is 32.5 Å². The van der Waals surface area contributed by atoms with E-state index in [1.165, 1.54) is 0 Å². The molecular weight excluding hydrogens is 188 g/mol. The lowest BCUT2D eigenvalue weighted by molar-refractivity contribution is -0.131. The van der Waals surface area contributed by atoms with Crippen molar-refractivity contribution < 1.29 is 4.79 Å². The summed E-state index contributed by atoms with van der Waals surface area (Å²) in [5, 5.41) is 3.27. The van der Waals surface area contributed by atoms with Crippen LogP contribution < -0.4 is 5.32 Å². The first kappa shape index (κ1) is 14.4. The first-order valence-corrected chi connectivity index (χ1v) is 6.16. The molecule has 0 fully saturated rings. The van der Waals surface area contributed by atoms with Gasteiger partial charge in [0.1, 0.15) is 0 Å². The highest BCUT2D eigenvalue weighted by molar-refractivity contribution is 5.76. The Balaban J connectivity index is 4.00. The van der Waals surface area contributed by atoms with Gasteiger partial charge in [-0.3, -0.25) is 4.79 Å². The minimum atomic E-state index is 0.284. The van der Waals surface area contributed by atoms with Crippen molar-refractivity contribution in [3.63, 3.8) is 0 Å². The highest BCUT2D eigenvalue weighted by Gasteiger charge is 2.14. The molecule has 0 aromatic carbocycles. The molecule has 0 heterocycles. The maximum atomic E-state index is 11.9. The monoisotopic (exact) mass is 214 g/mol. The molecule has 3 heteroatoms. The molecule has 15 heavy (non-hydrogen) atoms. The van der Waals surface area contributed by atoms with E-state index in [0.29, 0.717) is 12.5 Å². The van der Waals surface area contributed by atoms with Crippen LogP contribution in [0.15, 0.2) is 0 Å². The molecule has 1 N–H and O–H groups in total. The van der Waals surface area contributed by atoms with Crippen LogP contribution in [0, 0.1) is 0 Å². The molecule has 0 rings (SSSR count). The lowest BCUT2D eigenvalue weighted by Crippen LogP contribution is -2.37. The molecule has 90 valence electrons. The predicted octanol–water partition coefficient (Wildman–Crippen LogP) is 2.02. The summed E-state index contributed by atoms with van der Waals surface area (Å²) < 4.78 is 0. The fourth-order valence-electron chi connectivity index (χ4n) is 1.71. The van der Waals surface area contributed by atoms with E-state index in [1.54, 1.807) is 0 Å². The second kappa shape index (κ2) is 8.72. The van der Waals surface area contributed by atoms with E-state index in [2.05, 4.69) is 33.0 Å². The summed E-state index contributed by atoms with van der Waals surface area (Å²) in [5.74, 6) is 0.284. The molecule has 0 spiro atoms. The van der Waals surface area contributed by atoms with Crippen LogP contribution >= 0.6 is 0 Å². The van der Waals surface area contributed by atoms with Crippen LogP contribution in [0.5, 0.6) is 0 Å². The zero-order valence-electron chi connectivity index (χ0n) is 10.7. The fourth-order valence-corrected chi connectivity index (χ4v) is 1.71. The van der Waals surface area contributed by atoms with Crippen molar-refractivity contribution in [1.29, 1.82) is 0 Å². The van der Waals surface area contributed by atoms with E-state index in [1.807, 2.05) is 4.90 Å². The van der Waals surface area contributed by atoms with Crippen molar-refractivity contribution >= 4 is 5.91 Å². The zero-order chi connectivity index (χ0) is 11.7. The van der Waals surface area contributed by atoms with Crippen molar-refractivity contribution in [2.75, 3.05) is 19.6 Å². The SMILES string of the molecule is CCCN(CCC)C(=O)CC(C)NCC. The molecule has 0 saturated heterocycles. The summed E-state index contributed by atoms with van der Waals surface area (Å²) in [5.41, 5.74) is 0. The van der Waals surface area contributed by atoms with Crippen molar-refractivity contribution in [1.82, 2.24) is 10.2 Å². The Labute approximate surface area is 94.2 Å². The number of amides is 1. The Bertz CT molecular complexity index is 165. The summed E-state index contributed by atoms with van der Waals surface area (Å²) in [6.45, 7) is 11.1. The van der Waals surface area contributed by atoms with E-state index >= 15 is 0 Å². The highest BCUT2D eigenvalue weighted by Crippen LogP contribution is 2.01. The standard InChI is InChI=1S/C12H26N2O/c1-5-8-14(9-6-2)12(15)10-11(4)13-7-3/h11,13H,5-10H2,1-4H3. The molecule has 1 unspecified atom stereocenters. The third kappa shape index (κ3) is 6.50. The van der Waals surface area contributed by atoms with Gasteiger partial charge in [0.2, 0.25) is 5.91 Å². The van der Waals surface area contributed by atoms with Gasteiger partial charge in [0.15, 0.2) is 0 Å². The molecule has 0 aliphatic rings. The average Bonchev–Trinajstić information content (AvgIpc) is 2.17. The maximum absolute atomic E-state index is 11.9. The molecule has 0 bridgehead atoms. The Hall–Kier alpha value is -0.570. The number of nitrogens with one attached hydrogen (secondary N) is 1. The van der Waals surface area contributed by atoms with Crippen molar-refractivity contribution in [3.8, 4) is 0 Å². The van der Waals surface area contributed by atoms with Gasteiger partial charge in [0.05, 0.1) is 0 Å². The van der Waals surface area contributed by atoms with Crippen LogP contribution in [0.2, 0.25) is 0 Å². The van der Waals surface area contributed by atoms with Crippen molar-refractivity contribution in [2.24, 2.45) is 0 Å². The number of hydrogen-bond donors (Lipinski definition) is 1. The second-order valence-corrected chi connectivity index (χ2v) is 4.04. The smallest absolute Gasteiger partial charge is 0.224 e. The minimum Gasteiger partial charge on any atom is -0.343 e. The van der Waals surface area contributed by atoms with Crippen molar-refractivity contribution in [3.05, 3.63) is 0 Å². The Morgan fingerprint density at radius 2 is 1.73 bits per heavy atom.